The molecule has 1 aromatic heterocycles. The molecule has 2 rings (SSSR count). The fourth-order valence-electron chi connectivity index (χ4n) is 1.99. The molecule has 0 saturated heterocycles. The van der Waals surface area contributed by atoms with Crippen LogP contribution in [0, 0.1) is 10.1 Å². The van der Waals surface area contributed by atoms with E-state index in [1.165, 1.54) is 24.4 Å². The molecule has 3 N–H and O–H groups in total. The Hall–Kier alpha value is -3.26. The molecule has 0 fully saturated rings. The van der Waals surface area contributed by atoms with Gasteiger partial charge in [-0.1, -0.05) is 0 Å². The molecule has 0 spiro atoms. The number of carbonyl (C=O) groups excluding carboxylic acids is 1. The molecule has 1 aromatic carbocycles. The number of aromatic nitrogens is 1. The van der Waals surface area contributed by atoms with E-state index < -0.39 is 10.5 Å². The molecule has 0 atom stereocenters. The summed E-state index contributed by atoms with van der Waals surface area (Å²) in [6.07, 6.45) is 4.40. The Labute approximate surface area is 150 Å². The van der Waals surface area contributed by atoms with E-state index >= 15 is 0 Å². The zero-order valence-electron chi connectivity index (χ0n) is 14.5. The lowest BCUT2D eigenvalue weighted by Gasteiger charge is -2.24. The topological polar surface area (TPSA) is 117 Å². The third-order valence-corrected chi connectivity index (χ3v) is 3.42. The van der Waals surface area contributed by atoms with E-state index in [0.29, 0.717) is 17.1 Å². The van der Waals surface area contributed by atoms with Crippen molar-refractivity contribution in [3.63, 3.8) is 0 Å². The van der Waals surface area contributed by atoms with Gasteiger partial charge in [-0.25, -0.2) is 4.98 Å². The zero-order chi connectivity index (χ0) is 19.2. The summed E-state index contributed by atoms with van der Waals surface area (Å²) in [7, 11) is 0. The Morgan fingerprint density at radius 3 is 2.50 bits per heavy atom. The number of non-ortho nitro benzene ring substituents is 1. The van der Waals surface area contributed by atoms with Gasteiger partial charge in [0.15, 0.2) is 0 Å². The molecule has 8 heteroatoms. The van der Waals surface area contributed by atoms with Gasteiger partial charge in [-0.05, 0) is 49.8 Å². The van der Waals surface area contributed by atoms with E-state index in [-0.39, 0.29) is 18.2 Å². The van der Waals surface area contributed by atoms with Crippen LogP contribution in [-0.2, 0) is 4.79 Å². The normalized spacial score (nSPS) is 11.3. The average molecular weight is 356 g/mol. The van der Waals surface area contributed by atoms with Crippen molar-refractivity contribution in [1.82, 2.24) is 4.98 Å². The summed E-state index contributed by atoms with van der Waals surface area (Å²) in [5, 5.41) is 25.6. The lowest BCUT2D eigenvalue weighted by Crippen LogP contribution is -2.35. The van der Waals surface area contributed by atoms with Crippen molar-refractivity contribution in [3.05, 3.63) is 64.3 Å². The number of hydrogen-bond donors (Lipinski definition) is 3. The minimum atomic E-state index is -0.495. The molecule has 0 aliphatic carbocycles. The first-order valence-electron chi connectivity index (χ1n) is 7.88. The van der Waals surface area contributed by atoms with Crippen LogP contribution in [0.5, 0.6) is 0 Å². The molecule has 26 heavy (non-hydrogen) atoms. The minimum Gasteiger partial charge on any atom is -0.394 e. The number of amides is 1. The summed E-state index contributed by atoms with van der Waals surface area (Å²) in [5.41, 5.74) is 0.701. The number of benzene rings is 1. The molecule has 0 aliphatic rings. The SMILES string of the molecule is CC(C)(CO)Nc1ccc(NC(=O)/C=C/c2ccc([N+](=O)[O-])cc2)cn1. The second kappa shape index (κ2) is 8.21. The summed E-state index contributed by atoms with van der Waals surface area (Å²) < 4.78 is 0. The number of nitrogens with one attached hydrogen (secondary N) is 2. The smallest absolute Gasteiger partial charge is 0.269 e. The Balaban J connectivity index is 1.93. The van der Waals surface area contributed by atoms with Crippen molar-refractivity contribution in [2.24, 2.45) is 0 Å². The Bertz CT molecular complexity index is 799. The second-order valence-electron chi connectivity index (χ2n) is 6.27. The number of anilines is 2. The molecule has 2 aromatic rings. The zero-order valence-corrected chi connectivity index (χ0v) is 14.5. The summed E-state index contributed by atoms with van der Waals surface area (Å²) in [6.45, 7) is 3.64. The van der Waals surface area contributed by atoms with Crippen molar-refractivity contribution in [2.75, 3.05) is 17.2 Å². The Kier molecular flexibility index (Phi) is 6.03. The molecule has 0 bridgehead atoms. The van der Waals surface area contributed by atoms with Crippen LogP contribution < -0.4 is 10.6 Å². The number of nitro benzene ring substituents is 1. The van der Waals surface area contributed by atoms with Crippen LogP contribution in [-0.4, -0.2) is 33.1 Å². The highest BCUT2D eigenvalue weighted by atomic mass is 16.6. The molecule has 0 unspecified atom stereocenters. The van der Waals surface area contributed by atoms with Gasteiger partial charge in [-0.2, -0.15) is 0 Å². The van der Waals surface area contributed by atoms with Crippen molar-refractivity contribution < 1.29 is 14.8 Å². The molecule has 1 amide bonds. The van der Waals surface area contributed by atoms with Crippen LogP contribution >= 0.6 is 0 Å². The summed E-state index contributed by atoms with van der Waals surface area (Å²) in [4.78, 5) is 26.2. The summed E-state index contributed by atoms with van der Waals surface area (Å²) >= 11 is 0. The average Bonchev–Trinajstić information content (AvgIpc) is 2.62. The minimum absolute atomic E-state index is 0.00393. The van der Waals surface area contributed by atoms with Gasteiger partial charge < -0.3 is 15.7 Å². The van der Waals surface area contributed by atoms with Gasteiger partial charge in [0.1, 0.15) is 5.82 Å². The molecule has 136 valence electrons. The fourth-order valence-corrected chi connectivity index (χ4v) is 1.99. The van der Waals surface area contributed by atoms with E-state index in [1.807, 2.05) is 13.8 Å². The maximum absolute atomic E-state index is 11.9. The van der Waals surface area contributed by atoms with Crippen LogP contribution in [0.4, 0.5) is 17.2 Å². The highest BCUT2D eigenvalue weighted by Crippen LogP contribution is 2.15. The fraction of sp³-hybridized carbons (Fsp3) is 0.222. The number of hydrogen-bond acceptors (Lipinski definition) is 6. The summed E-state index contributed by atoms with van der Waals surface area (Å²) in [6, 6.07) is 9.27. The molecule has 0 aliphatic heterocycles. The molecule has 0 radical (unpaired) electrons. The molecular formula is C18H20N4O4. The van der Waals surface area contributed by atoms with E-state index in [4.69, 9.17) is 0 Å². The van der Waals surface area contributed by atoms with Gasteiger partial charge in [0.25, 0.3) is 5.69 Å². The van der Waals surface area contributed by atoms with Crippen molar-refractivity contribution >= 4 is 29.2 Å². The van der Waals surface area contributed by atoms with Crippen molar-refractivity contribution in [1.29, 1.82) is 0 Å². The highest BCUT2D eigenvalue weighted by Gasteiger charge is 2.16. The number of carbonyl (C=O) groups is 1. The lowest BCUT2D eigenvalue weighted by atomic mass is 10.1. The van der Waals surface area contributed by atoms with Crippen LogP contribution in [0.15, 0.2) is 48.7 Å². The van der Waals surface area contributed by atoms with Crippen molar-refractivity contribution in [3.8, 4) is 0 Å². The molecule has 8 nitrogen and oxygen atoms in total. The molecule has 0 saturated carbocycles. The number of aliphatic hydroxyl groups excluding tert-OH is 1. The van der Waals surface area contributed by atoms with Gasteiger partial charge in [-0.15, -0.1) is 0 Å². The monoisotopic (exact) mass is 356 g/mol. The number of aliphatic hydroxyl groups is 1. The number of pyridine rings is 1. The van der Waals surface area contributed by atoms with Crippen LogP contribution in [0.2, 0.25) is 0 Å². The van der Waals surface area contributed by atoms with Gasteiger partial charge in [0.2, 0.25) is 5.91 Å². The third kappa shape index (κ3) is 5.67. The van der Waals surface area contributed by atoms with E-state index in [0.717, 1.165) is 0 Å². The maximum Gasteiger partial charge on any atom is 0.269 e. The number of rotatable bonds is 7. The lowest BCUT2D eigenvalue weighted by molar-refractivity contribution is -0.384. The van der Waals surface area contributed by atoms with Gasteiger partial charge in [-0.3, -0.25) is 14.9 Å². The van der Waals surface area contributed by atoms with Gasteiger partial charge in [0, 0.05) is 18.2 Å². The Morgan fingerprint density at radius 1 is 1.27 bits per heavy atom. The molecular weight excluding hydrogens is 336 g/mol. The van der Waals surface area contributed by atoms with Crippen LogP contribution in [0.25, 0.3) is 6.08 Å². The summed E-state index contributed by atoms with van der Waals surface area (Å²) in [5.74, 6) is 0.241. The number of nitrogens with zero attached hydrogens (tertiary/aromatic N) is 2. The third-order valence-electron chi connectivity index (χ3n) is 3.42. The standard InChI is InChI=1S/C18H20N4O4/c1-18(2,12-23)21-16-9-6-14(11-19-16)20-17(24)10-5-13-3-7-15(8-4-13)22(25)26/h3-11,23H,12H2,1-2H3,(H,19,21)(H,20,24)/b10-5+. The predicted octanol–water partition coefficient (Wildman–Crippen LogP) is 2.82. The number of nitro groups is 1. The predicted molar refractivity (Wildman–Crippen MR) is 99.8 cm³/mol. The quantitative estimate of drug-likeness (QED) is 0.399. The second-order valence-corrected chi connectivity index (χ2v) is 6.27. The van der Waals surface area contributed by atoms with Gasteiger partial charge >= 0.3 is 0 Å². The van der Waals surface area contributed by atoms with Crippen molar-refractivity contribution in [2.45, 2.75) is 19.4 Å². The van der Waals surface area contributed by atoms with Gasteiger partial charge in [0.05, 0.1) is 29.0 Å². The van der Waals surface area contributed by atoms with E-state index in [9.17, 15) is 20.0 Å². The largest absolute Gasteiger partial charge is 0.394 e. The first kappa shape index (κ1) is 19.1. The van der Waals surface area contributed by atoms with Crippen LogP contribution in [0.1, 0.15) is 19.4 Å². The molecule has 1 heterocycles. The maximum atomic E-state index is 11.9. The highest BCUT2D eigenvalue weighted by molar-refractivity contribution is 6.01. The van der Waals surface area contributed by atoms with E-state index in [1.54, 1.807) is 30.3 Å². The first-order chi connectivity index (χ1) is 12.3. The van der Waals surface area contributed by atoms with Crippen LogP contribution in [0.3, 0.4) is 0 Å². The van der Waals surface area contributed by atoms with E-state index in [2.05, 4.69) is 15.6 Å². The first-order valence-corrected chi connectivity index (χ1v) is 7.88. The Morgan fingerprint density at radius 2 is 1.96 bits per heavy atom.